The summed E-state index contributed by atoms with van der Waals surface area (Å²) < 4.78 is 2.31. The largest absolute Gasteiger partial charge is 0.322 e. The molecule has 0 amide bonds. The first-order valence-electron chi connectivity index (χ1n) is 6.87. The van der Waals surface area contributed by atoms with Gasteiger partial charge in [-0.1, -0.05) is 42.5 Å². The van der Waals surface area contributed by atoms with Gasteiger partial charge in [-0.3, -0.25) is 0 Å². The molecule has 2 aromatic carbocycles. The highest BCUT2D eigenvalue weighted by atomic mass is 15.2. The Kier molecular flexibility index (Phi) is 3.52. The molecule has 0 unspecified atom stereocenters. The Morgan fingerprint density at radius 2 is 1.65 bits per heavy atom. The van der Waals surface area contributed by atoms with E-state index in [9.17, 15) is 0 Å². The Labute approximate surface area is 119 Å². The number of fused-ring (bicyclic) bond motifs is 1. The number of hydrogen-bond donors (Lipinski definition) is 0. The fourth-order valence-corrected chi connectivity index (χ4v) is 2.47. The lowest BCUT2D eigenvalue weighted by atomic mass is 10.2. The van der Waals surface area contributed by atoms with E-state index in [4.69, 9.17) is 4.98 Å². The highest BCUT2D eigenvalue weighted by Gasteiger charge is 2.11. The van der Waals surface area contributed by atoms with Crippen molar-refractivity contribution in [3.05, 3.63) is 66.0 Å². The van der Waals surface area contributed by atoms with E-state index >= 15 is 0 Å². The Morgan fingerprint density at radius 3 is 2.40 bits per heavy atom. The minimum atomic E-state index is 0.849. The van der Waals surface area contributed by atoms with Crippen LogP contribution in [-0.4, -0.2) is 28.5 Å². The Balaban J connectivity index is 2.06. The van der Waals surface area contributed by atoms with E-state index in [1.165, 1.54) is 11.1 Å². The molecule has 0 N–H and O–H groups in total. The zero-order valence-electron chi connectivity index (χ0n) is 12.0. The van der Waals surface area contributed by atoms with Gasteiger partial charge in [0, 0.05) is 6.54 Å². The van der Waals surface area contributed by atoms with Crippen molar-refractivity contribution >= 4 is 11.0 Å². The highest BCUT2D eigenvalue weighted by molar-refractivity contribution is 5.76. The summed E-state index contributed by atoms with van der Waals surface area (Å²) in [6.07, 6.45) is 0. The predicted molar refractivity (Wildman–Crippen MR) is 82.7 cm³/mol. The second-order valence-electron chi connectivity index (χ2n) is 5.33. The number of nitrogens with zero attached hydrogens (tertiary/aromatic N) is 3. The smallest absolute Gasteiger partial charge is 0.124 e. The van der Waals surface area contributed by atoms with E-state index in [2.05, 4.69) is 72.1 Å². The maximum Gasteiger partial charge on any atom is 0.124 e. The fourth-order valence-electron chi connectivity index (χ4n) is 2.47. The van der Waals surface area contributed by atoms with Crippen molar-refractivity contribution in [3.63, 3.8) is 0 Å². The molecule has 0 radical (unpaired) electrons. The van der Waals surface area contributed by atoms with Crippen LogP contribution < -0.4 is 0 Å². The maximum atomic E-state index is 4.77. The third kappa shape index (κ3) is 2.58. The van der Waals surface area contributed by atoms with E-state index in [-0.39, 0.29) is 0 Å². The second kappa shape index (κ2) is 5.47. The molecule has 3 heteroatoms. The van der Waals surface area contributed by atoms with E-state index in [1.807, 2.05) is 6.07 Å². The standard InChI is InChI=1S/C17H19N3/c1-19(2)13-17-18-15-10-6-7-11-16(15)20(17)12-14-8-4-3-5-9-14/h3-11H,12-13H2,1-2H3. The van der Waals surface area contributed by atoms with Gasteiger partial charge >= 0.3 is 0 Å². The van der Waals surface area contributed by atoms with Gasteiger partial charge in [-0.15, -0.1) is 0 Å². The van der Waals surface area contributed by atoms with Crippen LogP contribution in [0.3, 0.4) is 0 Å². The SMILES string of the molecule is CN(C)Cc1nc2ccccc2n1Cc1ccccc1. The lowest BCUT2D eigenvalue weighted by Crippen LogP contribution is -2.16. The summed E-state index contributed by atoms with van der Waals surface area (Å²) in [5, 5.41) is 0. The summed E-state index contributed by atoms with van der Waals surface area (Å²) in [4.78, 5) is 6.93. The molecule has 0 spiro atoms. The number of para-hydroxylation sites is 2. The molecule has 3 aromatic rings. The summed E-state index contributed by atoms with van der Waals surface area (Å²) in [7, 11) is 4.15. The normalized spacial score (nSPS) is 11.3. The minimum absolute atomic E-state index is 0.849. The van der Waals surface area contributed by atoms with Gasteiger partial charge in [-0.2, -0.15) is 0 Å². The molecular formula is C17H19N3. The van der Waals surface area contributed by atoms with E-state index in [1.54, 1.807) is 0 Å². The average Bonchev–Trinajstić information content (AvgIpc) is 2.77. The lowest BCUT2D eigenvalue weighted by Gasteiger charge is -2.13. The zero-order valence-corrected chi connectivity index (χ0v) is 12.0. The summed E-state index contributed by atoms with van der Waals surface area (Å²) in [5.41, 5.74) is 3.57. The number of aromatic nitrogens is 2. The van der Waals surface area contributed by atoms with Crippen molar-refractivity contribution in [2.45, 2.75) is 13.1 Å². The Morgan fingerprint density at radius 1 is 0.950 bits per heavy atom. The number of benzene rings is 2. The van der Waals surface area contributed by atoms with Crippen molar-refractivity contribution in [1.82, 2.24) is 14.5 Å². The molecule has 0 atom stereocenters. The van der Waals surface area contributed by atoms with Crippen LogP contribution in [0.4, 0.5) is 0 Å². The van der Waals surface area contributed by atoms with E-state index in [0.717, 1.165) is 24.4 Å². The molecule has 0 saturated heterocycles. The number of imidazole rings is 1. The van der Waals surface area contributed by atoms with Crippen molar-refractivity contribution in [2.24, 2.45) is 0 Å². The number of rotatable bonds is 4. The third-order valence-electron chi connectivity index (χ3n) is 3.37. The minimum Gasteiger partial charge on any atom is -0.322 e. The van der Waals surface area contributed by atoms with Crippen LogP contribution in [0.5, 0.6) is 0 Å². The quantitative estimate of drug-likeness (QED) is 0.722. The van der Waals surface area contributed by atoms with Gasteiger partial charge in [0.05, 0.1) is 17.6 Å². The van der Waals surface area contributed by atoms with Crippen molar-refractivity contribution < 1.29 is 0 Å². The molecule has 3 rings (SSSR count). The maximum absolute atomic E-state index is 4.77. The molecule has 1 heterocycles. The molecule has 0 fully saturated rings. The van der Waals surface area contributed by atoms with Crippen molar-refractivity contribution in [3.8, 4) is 0 Å². The van der Waals surface area contributed by atoms with Crippen LogP contribution in [0.25, 0.3) is 11.0 Å². The summed E-state index contributed by atoms with van der Waals surface area (Å²) in [6, 6.07) is 18.9. The van der Waals surface area contributed by atoms with Crippen LogP contribution >= 0.6 is 0 Å². The summed E-state index contributed by atoms with van der Waals surface area (Å²) >= 11 is 0. The summed E-state index contributed by atoms with van der Waals surface area (Å²) in [5.74, 6) is 1.11. The van der Waals surface area contributed by atoms with Gasteiger partial charge in [-0.25, -0.2) is 4.98 Å². The molecule has 0 aliphatic carbocycles. The van der Waals surface area contributed by atoms with Gasteiger partial charge in [0.1, 0.15) is 5.82 Å². The average molecular weight is 265 g/mol. The molecule has 0 saturated carbocycles. The van der Waals surface area contributed by atoms with Gasteiger partial charge in [0.15, 0.2) is 0 Å². The van der Waals surface area contributed by atoms with E-state index in [0.29, 0.717) is 0 Å². The first-order chi connectivity index (χ1) is 9.74. The monoisotopic (exact) mass is 265 g/mol. The van der Waals surface area contributed by atoms with Crippen LogP contribution in [0.1, 0.15) is 11.4 Å². The van der Waals surface area contributed by atoms with Gasteiger partial charge < -0.3 is 9.47 Å². The lowest BCUT2D eigenvalue weighted by molar-refractivity contribution is 0.384. The molecule has 20 heavy (non-hydrogen) atoms. The third-order valence-corrected chi connectivity index (χ3v) is 3.37. The van der Waals surface area contributed by atoms with Crippen LogP contribution in [-0.2, 0) is 13.1 Å². The molecule has 102 valence electrons. The Bertz CT molecular complexity index is 699. The predicted octanol–water partition coefficient (Wildman–Crippen LogP) is 3.15. The second-order valence-corrected chi connectivity index (χ2v) is 5.33. The van der Waals surface area contributed by atoms with Gasteiger partial charge in [-0.05, 0) is 31.8 Å². The molecular weight excluding hydrogens is 246 g/mol. The van der Waals surface area contributed by atoms with Crippen LogP contribution in [0.2, 0.25) is 0 Å². The number of hydrogen-bond acceptors (Lipinski definition) is 2. The Hall–Kier alpha value is -2.13. The fraction of sp³-hybridized carbons (Fsp3) is 0.235. The summed E-state index contributed by atoms with van der Waals surface area (Å²) in [6.45, 7) is 1.71. The molecule has 1 aromatic heterocycles. The molecule has 0 aliphatic rings. The van der Waals surface area contributed by atoms with E-state index < -0.39 is 0 Å². The molecule has 0 aliphatic heterocycles. The van der Waals surface area contributed by atoms with Crippen molar-refractivity contribution in [2.75, 3.05) is 14.1 Å². The first-order valence-corrected chi connectivity index (χ1v) is 6.87. The van der Waals surface area contributed by atoms with Gasteiger partial charge in [0.25, 0.3) is 0 Å². The van der Waals surface area contributed by atoms with Crippen LogP contribution in [0, 0.1) is 0 Å². The molecule has 0 bridgehead atoms. The highest BCUT2D eigenvalue weighted by Crippen LogP contribution is 2.18. The van der Waals surface area contributed by atoms with Crippen LogP contribution in [0.15, 0.2) is 54.6 Å². The first kappa shape index (κ1) is 12.9. The molecule has 3 nitrogen and oxygen atoms in total. The van der Waals surface area contributed by atoms with Gasteiger partial charge in [0.2, 0.25) is 0 Å². The van der Waals surface area contributed by atoms with Crippen molar-refractivity contribution in [1.29, 1.82) is 0 Å². The zero-order chi connectivity index (χ0) is 13.9. The topological polar surface area (TPSA) is 21.1 Å².